The summed E-state index contributed by atoms with van der Waals surface area (Å²) in [6.45, 7) is 4.89. The normalized spacial score (nSPS) is 13.8. The number of fused-ring (bicyclic) bond motifs is 1. The SMILES string of the molecule is CCNC(=O)Nc1cccc(CCNC(=C2C(=O)Nc3ccc(C(=O)N[C@H](C)c4ccccc4)cc32)c2ccccc2)c1. The molecule has 8 heteroatoms. The Morgan fingerprint density at radius 2 is 1.56 bits per heavy atom. The molecule has 218 valence electrons. The first-order chi connectivity index (χ1) is 20.9. The Hall–Kier alpha value is -5.37. The van der Waals surface area contributed by atoms with Gasteiger partial charge in [0.15, 0.2) is 0 Å². The van der Waals surface area contributed by atoms with Gasteiger partial charge in [-0.15, -0.1) is 0 Å². The third-order valence-corrected chi connectivity index (χ3v) is 7.22. The standard InChI is InChI=1S/C35H35N5O3/c1-3-36-35(43)39-28-16-10-11-24(21-28)19-20-37-32(26-14-8-5-9-15-26)31-29-22-27(17-18-30(29)40-34(31)42)33(41)38-23(2)25-12-6-4-7-13-25/h4-18,21-23,37H,3,19-20H2,1-2H3,(H,38,41)(H,40,42)(H2,36,39,43)/t23-/m1/s1. The van der Waals surface area contributed by atoms with E-state index in [9.17, 15) is 14.4 Å². The topological polar surface area (TPSA) is 111 Å². The first kappa shape index (κ1) is 29.1. The van der Waals surface area contributed by atoms with Crippen molar-refractivity contribution in [3.63, 3.8) is 0 Å². The van der Waals surface area contributed by atoms with Crippen LogP contribution in [0.4, 0.5) is 16.2 Å². The molecule has 0 radical (unpaired) electrons. The number of nitrogens with one attached hydrogen (secondary N) is 5. The average molecular weight is 574 g/mol. The van der Waals surface area contributed by atoms with Gasteiger partial charge in [0.2, 0.25) is 0 Å². The van der Waals surface area contributed by atoms with Crippen molar-refractivity contribution in [2.45, 2.75) is 26.3 Å². The molecule has 5 rings (SSSR count). The smallest absolute Gasteiger partial charge is 0.319 e. The van der Waals surface area contributed by atoms with Gasteiger partial charge in [0.25, 0.3) is 11.8 Å². The van der Waals surface area contributed by atoms with Gasteiger partial charge in [-0.25, -0.2) is 4.79 Å². The maximum absolute atomic E-state index is 13.4. The van der Waals surface area contributed by atoms with Gasteiger partial charge < -0.3 is 26.6 Å². The minimum Gasteiger partial charge on any atom is -0.384 e. The molecule has 0 unspecified atom stereocenters. The molecule has 4 aromatic carbocycles. The number of hydrogen-bond donors (Lipinski definition) is 5. The second-order valence-electron chi connectivity index (χ2n) is 10.3. The zero-order chi connectivity index (χ0) is 30.2. The van der Waals surface area contributed by atoms with Crippen molar-refractivity contribution in [1.29, 1.82) is 0 Å². The fraction of sp³-hybridized carbons (Fsp3) is 0.171. The van der Waals surface area contributed by atoms with Crippen molar-refractivity contribution in [2.75, 3.05) is 23.7 Å². The summed E-state index contributed by atoms with van der Waals surface area (Å²) in [5, 5.41) is 15.1. The summed E-state index contributed by atoms with van der Waals surface area (Å²) in [5.41, 5.74) is 6.58. The fourth-order valence-corrected chi connectivity index (χ4v) is 5.07. The fourth-order valence-electron chi connectivity index (χ4n) is 5.07. The van der Waals surface area contributed by atoms with Crippen LogP contribution in [0.1, 0.15) is 52.5 Å². The molecule has 0 bridgehead atoms. The number of carbonyl (C=O) groups excluding carboxylic acids is 3. The maximum atomic E-state index is 13.4. The molecule has 43 heavy (non-hydrogen) atoms. The predicted molar refractivity (Wildman–Crippen MR) is 171 cm³/mol. The number of urea groups is 1. The molecule has 1 aliphatic rings. The Morgan fingerprint density at radius 3 is 2.30 bits per heavy atom. The molecule has 0 spiro atoms. The van der Waals surface area contributed by atoms with E-state index < -0.39 is 0 Å². The van der Waals surface area contributed by atoms with Gasteiger partial charge in [0, 0.05) is 35.6 Å². The van der Waals surface area contributed by atoms with E-state index in [1.807, 2.05) is 98.8 Å². The van der Waals surface area contributed by atoms with Gasteiger partial charge in [-0.1, -0.05) is 72.8 Å². The molecule has 4 amide bonds. The molecule has 8 nitrogen and oxygen atoms in total. The van der Waals surface area contributed by atoms with Crippen LogP contribution in [0.3, 0.4) is 0 Å². The highest BCUT2D eigenvalue weighted by molar-refractivity contribution is 6.36. The largest absolute Gasteiger partial charge is 0.384 e. The van der Waals surface area contributed by atoms with Gasteiger partial charge in [0.05, 0.1) is 17.3 Å². The van der Waals surface area contributed by atoms with Gasteiger partial charge >= 0.3 is 6.03 Å². The van der Waals surface area contributed by atoms with E-state index in [1.54, 1.807) is 18.2 Å². The number of amides is 4. The zero-order valence-corrected chi connectivity index (χ0v) is 24.2. The van der Waals surface area contributed by atoms with E-state index in [2.05, 4.69) is 26.6 Å². The van der Waals surface area contributed by atoms with E-state index >= 15 is 0 Å². The summed E-state index contributed by atoms with van der Waals surface area (Å²) in [6, 6.07) is 32.0. The van der Waals surface area contributed by atoms with E-state index in [0.717, 1.165) is 16.7 Å². The van der Waals surface area contributed by atoms with Gasteiger partial charge in [0.1, 0.15) is 0 Å². The zero-order valence-electron chi connectivity index (χ0n) is 24.2. The van der Waals surface area contributed by atoms with Crippen LogP contribution in [0.25, 0.3) is 11.3 Å². The van der Waals surface area contributed by atoms with Crippen molar-refractivity contribution in [3.8, 4) is 0 Å². The first-order valence-corrected chi connectivity index (χ1v) is 14.4. The lowest BCUT2D eigenvalue weighted by Crippen LogP contribution is -2.28. The third kappa shape index (κ3) is 7.11. The third-order valence-electron chi connectivity index (χ3n) is 7.22. The molecular formula is C35H35N5O3. The summed E-state index contributed by atoms with van der Waals surface area (Å²) in [7, 11) is 0. The van der Waals surface area contributed by atoms with Crippen LogP contribution in [0.2, 0.25) is 0 Å². The molecule has 1 aliphatic heterocycles. The highest BCUT2D eigenvalue weighted by atomic mass is 16.2. The molecular weight excluding hydrogens is 538 g/mol. The quantitative estimate of drug-likeness (QED) is 0.151. The van der Waals surface area contributed by atoms with Crippen molar-refractivity contribution in [1.82, 2.24) is 16.0 Å². The highest BCUT2D eigenvalue weighted by Gasteiger charge is 2.29. The van der Waals surface area contributed by atoms with E-state index in [1.165, 1.54) is 0 Å². The van der Waals surface area contributed by atoms with Gasteiger partial charge in [-0.2, -0.15) is 0 Å². The molecule has 5 N–H and O–H groups in total. The maximum Gasteiger partial charge on any atom is 0.319 e. The molecule has 0 saturated heterocycles. The van der Waals surface area contributed by atoms with Crippen LogP contribution >= 0.6 is 0 Å². The molecule has 1 atom stereocenters. The van der Waals surface area contributed by atoms with Gasteiger partial charge in [-0.05, 0) is 67.3 Å². The Morgan fingerprint density at radius 1 is 0.814 bits per heavy atom. The summed E-state index contributed by atoms with van der Waals surface area (Å²) >= 11 is 0. The number of benzene rings is 4. The Labute approximate surface area is 251 Å². The monoisotopic (exact) mass is 573 g/mol. The minimum atomic E-state index is -0.248. The number of anilines is 2. The van der Waals surface area contributed by atoms with E-state index in [-0.39, 0.29) is 23.9 Å². The Bertz CT molecular complexity index is 1650. The second-order valence-corrected chi connectivity index (χ2v) is 10.3. The first-order valence-electron chi connectivity index (χ1n) is 14.4. The molecule has 0 saturated carbocycles. The van der Waals surface area contributed by atoms with Gasteiger partial charge in [-0.3, -0.25) is 9.59 Å². The minimum absolute atomic E-state index is 0.173. The summed E-state index contributed by atoms with van der Waals surface area (Å²) in [6.07, 6.45) is 0.656. The van der Waals surface area contributed by atoms with Crippen molar-refractivity contribution >= 4 is 40.5 Å². The Balaban J connectivity index is 1.39. The van der Waals surface area contributed by atoms with Crippen LogP contribution < -0.4 is 26.6 Å². The molecule has 0 aromatic heterocycles. The summed E-state index contributed by atoms with van der Waals surface area (Å²) in [4.78, 5) is 38.5. The lowest BCUT2D eigenvalue weighted by atomic mass is 9.98. The lowest BCUT2D eigenvalue weighted by molar-refractivity contribution is -0.110. The molecule has 0 fully saturated rings. The van der Waals surface area contributed by atoms with Crippen LogP contribution in [0.15, 0.2) is 103 Å². The number of carbonyl (C=O) groups is 3. The van der Waals surface area contributed by atoms with Crippen molar-refractivity contribution in [3.05, 3.63) is 131 Å². The Kier molecular flexibility index (Phi) is 9.17. The number of rotatable bonds is 10. The summed E-state index contributed by atoms with van der Waals surface area (Å²) in [5.74, 6) is -0.446. The van der Waals surface area contributed by atoms with Crippen LogP contribution in [0.5, 0.6) is 0 Å². The average Bonchev–Trinajstić information content (AvgIpc) is 3.35. The highest BCUT2D eigenvalue weighted by Crippen LogP contribution is 2.37. The van der Waals surface area contributed by atoms with Crippen molar-refractivity contribution < 1.29 is 14.4 Å². The summed E-state index contributed by atoms with van der Waals surface area (Å²) < 4.78 is 0. The number of hydrogen-bond acceptors (Lipinski definition) is 4. The molecule has 1 heterocycles. The van der Waals surface area contributed by atoms with E-state index in [4.69, 9.17) is 0 Å². The van der Waals surface area contributed by atoms with Crippen LogP contribution in [-0.4, -0.2) is 30.9 Å². The van der Waals surface area contributed by atoms with E-state index in [0.29, 0.717) is 53.3 Å². The lowest BCUT2D eigenvalue weighted by Gasteiger charge is -2.16. The molecule has 4 aromatic rings. The second kappa shape index (κ2) is 13.5. The van der Waals surface area contributed by atoms with Crippen LogP contribution in [-0.2, 0) is 11.2 Å². The van der Waals surface area contributed by atoms with Crippen molar-refractivity contribution in [2.24, 2.45) is 0 Å². The molecule has 0 aliphatic carbocycles. The van der Waals surface area contributed by atoms with Crippen LogP contribution in [0, 0.1) is 0 Å². The predicted octanol–water partition coefficient (Wildman–Crippen LogP) is 5.97.